The third kappa shape index (κ3) is 29.3. The smallest absolute Gasteiger partial charge is 0.306 e. The summed E-state index contributed by atoms with van der Waals surface area (Å²) in [4.78, 5) is 110. The number of aromatic amines is 2. The Labute approximate surface area is 441 Å². The number of carboxylic acids is 1. The predicted molar refractivity (Wildman–Crippen MR) is 289 cm³/mol. The molecule has 12 N–H and O–H groups in total. The van der Waals surface area contributed by atoms with Crippen molar-refractivity contribution in [3.8, 4) is 0 Å². The molecule has 0 saturated heterocycles. The molecule has 0 spiro atoms. The van der Waals surface area contributed by atoms with E-state index in [0.717, 1.165) is 19.3 Å². The van der Waals surface area contributed by atoms with Crippen LogP contribution in [0.3, 0.4) is 0 Å². The van der Waals surface area contributed by atoms with Gasteiger partial charge < -0.3 is 48.2 Å². The quantitative estimate of drug-likeness (QED) is 0.0242. The fourth-order valence-electron chi connectivity index (χ4n) is 9.18. The summed E-state index contributed by atoms with van der Waals surface area (Å²) in [5.41, 5.74) is 18.3. The summed E-state index contributed by atoms with van der Waals surface area (Å²) in [7, 11) is 0. The number of carbonyl (C=O) groups excluding carboxylic acids is 6. The highest BCUT2D eigenvalue weighted by Gasteiger charge is 2.34. The number of ketones is 3. The lowest BCUT2D eigenvalue weighted by Gasteiger charge is -2.26. The highest BCUT2D eigenvalue weighted by atomic mass is 32.1. The van der Waals surface area contributed by atoms with Gasteiger partial charge in [0.25, 0.3) is 0 Å². The second kappa shape index (κ2) is 40.9. The molecule has 0 aliphatic rings. The van der Waals surface area contributed by atoms with Crippen LogP contribution in [-0.2, 0) is 46.4 Å². The molecule has 73 heavy (non-hydrogen) atoms. The van der Waals surface area contributed by atoms with Gasteiger partial charge in [-0.1, -0.05) is 110 Å². The largest absolute Gasteiger partial charge is 0.481 e. The molecule has 0 aliphatic heterocycles. The van der Waals surface area contributed by atoms with Crippen molar-refractivity contribution < 1.29 is 38.7 Å². The van der Waals surface area contributed by atoms with Gasteiger partial charge in [0.1, 0.15) is 0 Å². The molecule has 2 aromatic heterocycles. The van der Waals surface area contributed by atoms with Gasteiger partial charge in [0, 0.05) is 74.0 Å². The number of nitrogens with zero attached hydrogens (tertiary/aromatic N) is 2. The van der Waals surface area contributed by atoms with Crippen LogP contribution in [0.15, 0.2) is 25.0 Å². The van der Waals surface area contributed by atoms with Gasteiger partial charge in [-0.3, -0.25) is 33.6 Å². The zero-order chi connectivity index (χ0) is 53.5. The monoisotopic (exact) mass is 1040 g/mol. The first-order chi connectivity index (χ1) is 35.4. The Morgan fingerprint density at radius 3 is 1.44 bits per heavy atom. The summed E-state index contributed by atoms with van der Waals surface area (Å²) in [6.45, 7) is 3.37. The Bertz CT molecular complexity index is 1820. The van der Waals surface area contributed by atoms with E-state index in [1.54, 1.807) is 6.20 Å². The standard InChI is InChI=1S/C54H94N10O8S/c1-2-3-4-5-6-7-8-9-10-11-12-13-14-15-16-26-51(68)62-47(37-73)50(67)33-42(30-43-35-58-38-60-43)53(70)64-46(34-44-36-59-39-61-44)49(66)31-40(23-17-20-27-55)52(69)63-45(25-19-22-29-57)48(65)32-41(54(71)72)24-18-21-28-56/h35-36,38-42,45-47,73H,2-34,37,55-57H2,1H3,(H,58,60)(H,59,61)(H,62,68)(H,63,69)(H,64,70)(H,71,72). The molecule has 0 aromatic carbocycles. The summed E-state index contributed by atoms with van der Waals surface area (Å²) >= 11 is 4.40. The Balaban J connectivity index is 2.14. The van der Waals surface area contributed by atoms with Gasteiger partial charge in [-0.05, 0) is 71.0 Å². The number of imidazole rings is 2. The molecule has 414 valence electrons. The van der Waals surface area contributed by atoms with E-state index < -0.39 is 65.2 Å². The number of thiol groups is 1. The lowest BCUT2D eigenvalue weighted by atomic mass is 9.89. The molecule has 19 heteroatoms. The molecule has 18 nitrogen and oxygen atoms in total. The predicted octanol–water partition coefficient (Wildman–Crippen LogP) is 6.76. The van der Waals surface area contributed by atoms with Gasteiger partial charge in [-0.2, -0.15) is 12.6 Å². The molecule has 3 amide bonds. The van der Waals surface area contributed by atoms with Crippen LogP contribution >= 0.6 is 12.6 Å². The minimum atomic E-state index is -1.15. The van der Waals surface area contributed by atoms with Crippen molar-refractivity contribution in [2.75, 3.05) is 25.4 Å². The van der Waals surface area contributed by atoms with Crippen LogP contribution in [0.1, 0.15) is 198 Å². The first-order valence-electron chi connectivity index (χ1n) is 27.7. The number of carbonyl (C=O) groups is 7. The Morgan fingerprint density at radius 1 is 0.521 bits per heavy atom. The second-order valence-electron chi connectivity index (χ2n) is 20.0. The van der Waals surface area contributed by atoms with E-state index in [2.05, 4.69) is 55.4 Å². The van der Waals surface area contributed by atoms with E-state index in [4.69, 9.17) is 17.2 Å². The van der Waals surface area contributed by atoms with Gasteiger partial charge in [-0.25, -0.2) is 9.97 Å². The van der Waals surface area contributed by atoms with E-state index in [1.165, 1.54) is 89.5 Å². The molecule has 6 atom stereocenters. The Kier molecular flexibility index (Phi) is 36.2. The summed E-state index contributed by atoms with van der Waals surface area (Å²) < 4.78 is 0. The van der Waals surface area contributed by atoms with Crippen molar-refractivity contribution in [2.45, 2.75) is 218 Å². The zero-order valence-corrected chi connectivity index (χ0v) is 45.1. The van der Waals surface area contributed by atoms with E-state index in [1.807, 2.05) is 0 Å². The number of aliphatic carboxylic acids is 1. The van der Waals surface area contributed by atoms with E-state index >= 15 is 0 Å². The third-order valence-electron chi connectivity index (χ3n) is 13.7. The number of amides is 3. The van der Waals surface area contributed by atoms with Gasteiger partial charge in [0.15, 0.2) is 17.3 Å². The van der Waals surface area contributed by atoms with Crippen LogP contribution in [0.4, 0.5) is 0 Å². The van der Waals surface area contributed by atoms with Crippen LogP contribution in [0.25, 0.3) is 0 Å². The topological polar surface area (TPSA) is 311 Å². The minimum Gasteiger partial charge on any atom is -0.481 e. The molecular weight excluding hydrogens is 949 g/mol. The molecule has 0 bridgehead atoms. The average Bonchev–Trinajstić information content (AvgIpc) is 4.10. The van der Waals surface area contributed by atoms with E-state index in [-0.39, 0.29) is 75.2 Å². The van der Waals surface area contributed by atoms with Crippen molar-refractivity contribution >= 4 is 53.7 Å². The Morgan fingerprint density at radius 2 is 0.945 bits per heavy atom. The number of H-pyrrole nitrogens is 2. The number of unbranched alkanes of at least 4 members (excludes halogenated alkanes) is 17. The number of rotatable bonds is 48. The van der Waals surface area contributed by atoms with Gasteiger partial charge in [0.05, 0.1) is 42.6 Å². The summed E-state index contributed by atoms with van der Waals surface area (Å²) in [5, 5.41) is 18.5. The van der Waals surface area contributed by atoms with Crippen molar-refractivity contribution in [3.05, 3.63) is 36.4 Å². The first kappa shape index (κ1) is 64.7. The van der Waals surface area contributed by atoms with Crippen LogP contribution in [0, 0.1) is 17.8 Å². The molecular formula is C54H94N10O8S. The molecule has 0 aliphatic carbocycles. The maximum absolute atomic E-state index is 14.5. The fraction of sp³-hybridized carbons (Fsp3) is 0.759. The molecule has 0 saturated carbocycles. The van der Waals surface area contributed by atoms with Gasteiger partial charge in [0.2, 0.25) is 17.7 Å². The average molecular weight is 1040 g/mol. The summed E-state index contributed by atoms with van der Waals surface area (Å²) in [6, 6.07) is -3.08. The third-order valence-corrected chi connectivity index (χ3v) is 14.1. The number of carboxylic acid groups (broad SMARTS) is 1. The van der Waals surface area contributed by atoms with Gasteiger partial charge in [-0.15, -0.1) is 0 Å². The second-order valence-corrected chi connectivity index (χ2v) is 20.3. The van der Waals surface area contributed by atoms with Crippen LogP contribution in [0.2, 0.25) is 0 Å². The summed E-state index contributed by atoms with van der Waals surface area (Å²) in [6.07, 6.45) is 27.9. The Hall–Kier alpha value is -4.46. The fourth-order valence-corrected chi connectivity index (χ4v) is 9.48. The lowest BCUT2D eigenvalue weighted by Crippen LogP contribution is -2.49. The van der Waals surface area contributed by atoms with Crippen LogP contribution in [0.5, 0.6) is 0 Å². The van der Waals surface area contributed by atoms with Crippen LogP contribution < -0.4 is 33.2 Å². The van der Waals surface area contributed by atoms with Crippen molar-refractivity contribution in [3.63, 3.8) is 0 Å². The first-order valence-corrected chi connectivity index (χ1v) is 28.4. The normalized spacial score (nSPS) is 13.9. The summed E-state index contributed by atoms with van der Waals surface area (Å²) in [5.74, 6) is -6.53. The maximum Gasteiger partial charge on any atom is 0.306 e. The zero-order valence-electron chi connectivity index (χ0n) is 44.2. The minimum absolute atomic E-state index is 0.00198. The number of hydrogen-bond donors (Lipinski definition) is 10. The highest BCUT2D eigenvalue weighted by Crippen LogP contribution is 2.22. The lowest BCUT2D eigenvalue weighted by molar-refractivity contribution is -0.144. The molecule has 2 heterocycles. The maximum atomic E-state index is 14.5. The number of aromatic nitrogens is 4. The molecule has 0 fully saturated rings. The van der Waals surface area contributed by atoms with Gasteiger partial charge >= 0.3 is 5.97 Å². The van der Waals surface area contributed by atoms with Crippen molar-refractivity contribution in [1.29, 1.82) is 0 Å². The number of Topliss-reactive ketones (excluding diaryl/α,β-unsaturated/α-hetero) is 3. The van der Waals surface area contributed by atoms with Crippen molar-refractivity contribution in [2.24, 2.45) is 35.0 Å². The number of hydrogen-bond acceptors (Lipinski definition) is 13. The molecule has 2 aromatic rings. The van der Waals surface area contributed by atoms with E-state index in [0.29, 0.717) is 76.0 Å². The number of nitrogens with one attached hydrogen (secondary N) is 5. The molecule has 0 radical (unpaired) electrons. The molecule has 2 rings (SSSR count). The number of nitrogens with two attached hydrogens (primary N) is 3. The van der Waals surface area contributed by atoms with Crippen LogP contribution in [-0.4, -0.2) is 110 Å². The SMILES string of the molecule is CCCCCCCCCCCCCCCCCC(=O)NC(CS)C(=O)CC(Cc1cnc[nH]1)C(=O)NC(Cc1cnc[nH]1)C(=O)CC(CCCCN)C(=O)NC(CCCCN)C(=O)CC(CCCCN)C(=O)O. The van der Waals surface area contributed by atoms with Crippen molar-refractivity contribution in [1.82, 2.24) is 35.9 Å². The van der Waals surface area contributed by atoms with E-state index in [9.17, 15) is 38.7 Å². The molecule has 6 unspecified atom stereocenters. The highest BCUT2D eigenvalue weighted by molar-refractivity contribution is 7.80.